The number of sulfone groups is 1. The first kappa shape index (κ1) is 17.5. The minimum atomic E-state index is -2.92. The van der Waals surface area contributed by atoms with Gasteiger partial charge < -0.3 is 8.98 Å². The number of thioether (sulfide) groups is 1. The van der Waals surface area contributed by atoms with Crippen LogP contribution in [0.25, 0.3) is 11.1 Å². The molecule has 1 atom stereocenters. The van der Waals surface area contributed by atoms with Crippen molar-refractivity contribution in [1.82, 2.24) is 19.7 Å². The van der Waals surface area contributed by atoms with Gasteiger partial charge in [0.15, 0.2) is 26.5 Å². The van der Waals surface area contributed by atoms with E-state index in [9.17, 15) is 8.42 Å². The van der Waals surface area contributed by atoms with E-state index in [0.29, 0.717) is 6.42 Å². The summed E-state index contributed by atoms with van der Waals surface area (Å²) in [6, 6.07) is 7.76. The van der Waals surface area contributed by atoms with Gasteiger partial charge in [-0.15, -0.1) is 10.2 Å². The third kappa shape index (κ3) is 3.64. The average Bonchev–Trinajstić information content (AvgIpc) is 3.28. The topological polar surface area (TPSA) is 90.9 Å². The number of hydrogen-bond donors (Lipinski definition) is 0. The standard InChI is InChI=1S/C17H20N4O3S2/c1-21-16(12-8-10-26(22,23)11-12)19-20-17(21)25-9-4-7-15-18-13-5-2-3-6-14(13)24-15/h2-3,5-6,12H,4,7-11H2,1H3/t12-/m0/s1. The Hall–Kier alpha value is -1.87. The minimum Gasteiger partial charge on any atom is -0.441 e. The minimum absolute atomic E-state index is 0.0356. The van der Waals surface area contributed by atoms with Crippen LogP contribution in [0, 0.1) is 0 Å². The van der Waals surface area contributed by atoms with Crippen LogP contribution in [-0.4, -0.2) is 45.4 Å². The first-order valence-corrected chi connectivity index (χ1v) is 11.4. The second-order valence-corrected chi connectivity index (χ2v) is 9.82. The van der Waals surface area contributed by atoms with Crippen molar-refractivity contribution in [2.45, 2.75) is 30.3 Å². The predicted octanol–water partition coefficient (Wildman–Crippen LogP) is 2.58. The number of aryl methyl sites for hydroxylation is 1. The monoisotopic (exact) mass is 392 g/mol. The smallest absolute Gasteiger partial charge is 0.195 e. The highest BCUT2D eigenvalue weighted by atomic mass is 32.2. The number of para-hydroxylation sites is 2. The van der Waals surface area contributed by atoms with E-state index in [1.54, 1.807) is 11.8 Å². The molecule has 1 aliphatic rings. The fourth-order valence-corrected chi connectivity index (χ4v) is 5.82. The summed E-state index contributed by atoms with van der Waals surface area (Å²) < 4.78 is 31.0. The molecule has 0 radical (unpaired) electrons. The number of rotatable bonds is 6. The largest absolute Gasteiger partial charge is 0.441 e. The normalized spacial score (nSPS) is 19.3. The van der Waals surface area contributed by atoms with Crippen molar-refractivity contribution in [2.75, 3.05) is 17.3 Å². The fraction of sp³-hybridized carbons (Fsp3) is 0.471. The Morgan fingerprint density at radius 1 is 1.31 bits per heavy atom. The van der Waals surface area contributed by atoms with Gasteiger partial charge in [-0.2, -0.15) is 0 Å². The molecule has 0 amide bonds. The molecule has 9 heteroatoms. The lowest BCUT2D eigenvalue weighted by Crippen LogP contribution is -2.09. The molecular formula is C17H20N4O3S2. The third-order valence-electron chi connectivity index (χ3n) is 4.57. The van der Waals surface area contributed by atoms with Crippen molar-refractivity contribution in [3.8, 4) is 0 Å². The summed E-state index contributed by atoms with van der Waals surface area (Å²) >= 11 is 1.62. The van der Waals surface area contributed by atoms with E-state index >= 15 is 0 Å². The van der Waals surface area contributed by atoms with Gasteiger partial charge in [-0.1, -0.05) is 23.9 Å². The molecule has 26 heavy (non-hydrogen) atoms. The molecule has 4 rings (SSSR count). The Labute approximate surface area is 156 Å². The summed E-state index contributed by atoms with van der Waals surface area (Å²) in [6.45, 7) is 0. The first-order valence-electron chi connectivity index (χ1n) is 8.59. The molecule has 0 spiro atoms. The Kier molecular flexibility index (Phi) is 4.74. The van der Waals surface area contributed by atoms with Crippen molar-refractivity contribution in [3.63, 3.8) is 0 Å². The molecule has 1 saturated heterocycles. The van der Waals surface area contributed by atoms with Gasteiger partial charge in [0, 0.05) is 25.1 Å². The van der Waals surface area contributed by atoms with Gasteiger partial charge in [-0.05, 0) is 25.0 Å². The van der Waals surface area contributed by atoms with Gasteiger partial charge >= 0.3 is 0 Å². The van der Waals surface area contributed by atoms with E-state index in [1.807, 2.05) is 35.9 Å². The van der Waals surface area contributed by atoms with Gasteiger partial charge in [-0.25, -0.2) is 13.4 Å². The highest BCUT2D eigenvalue weighted by Crippen LogP contribution is 2.29. The zero-order valence-electron chi connectivity index (χ0n) is 14.5. The second kappa shape index (κ2) is 7.03. The molecule has 0 N–H and O–H groups in total. The Balaban J connectivity index is 1.32. The van der Waals surface area contributed by atoms with Crippen LogP contribution < -0.4 is 0 Å². The zero-order valence-corrected chi connectivity index (χ0v) is 16.1. The first-order chi connectivity index (χ1) is 12.5. The van der Waals surface area contributed by atoms with Gasteiger partial charge in [0.25, 0.3) is 0 Å². The van der Waals surface area contributed by atoms with Crippen LogP contribution in [0.5, 0.6) is 0 Å². The van der Waals surface area contributed by atoms with Crippen LogP contribution in [-0.2, 0) is 23.3 Å². The van der Waals surface area contributed by atoms with Crippen LogP contribution in [0.15, 0.2) is 33.8 Å². The number of benzene rings is 1. The van der Waals surface area contributed by atoms with Gasteiger partial charge in [0.2, 0.25) is 0 Å². The molecule has 0 saturated carbocycles. The van der Waals surface area contributed by atoms with E-state index in [0.717, 1.165) is 46.6 Å². The molecule has 0 aliphatic carbocycles. The van der Waals surface area contributed by atoms with Crippen molar-refractivity contribution < 1.29 is 12.8 Å². The van der Waals surface area contributed by atoms with E-state index in [4.69, 9.17) is 4.42 Å². The van der Waals surface area contributed by atoms with Crippen LogP contribution in [0.4, 0.5) is 0 Å². The molecule has 0 bridgehead atoms. The summed E-state index contributed by atoms with van der Waals surface area (Å²) in [7, 11) is -1.01. The zero-order chi connectivity index (χ0) is 18.1. The highest BCUT2D eigenvalue weighted by molar-refractivity contribution is 7.99. The van der Waals surface area contributed by atoms with E-state index in [2.05, 4.69) is 15.2 Å². The number of aromatic nitrogens is 4. The lowest BCUT2D eigenvalue weighted by atomic mass is 10.1. The maximum absolute atomic E-state index is 11.7. The van der Waals surface area contributed by atoms with Crippen LogP contribution >= 0.6 is 11.8 Å². The molecule has 7 nitrogen and oxygen atoms in total. The fourth-order valence-electron chi connectivity index (χ4n) is 3.22. The maximum Gasteiger partial charge on any atom is 0.195 e. The summed E-state index contributed by atoms with van der Waals surface area (Å²) in [4.78, 5) is 4.48. The lowest BCUT2D eigenvalue weighted by molar-refractivity contribution is 0.526. The number of oxazole rings is 1. The van der Waals surface area contributed by atoms with E-state index in [-0.39, 0.29) is 17.4 Å². The SMILES string of the molecule is Cn1c(SCCCc2nc3ccccc3o2)nnc1[C@H]1CCS(=O)(=O)C1. The molecule has 138 valence electrons. The van der Waals surface area contributed by atoms with Crippen LogP contribution in [0.2, 0.25) is 0 Å². The molecule has 3 aromatic rings. The molecule has 1 fully saturated rings. The van der Waals surface area contributed by atoms with Crippen LogP contribution in [0.1, 0.15) is 30.5 Å². The van der Waals surface area contributed by atoms with Gasteiger partial charge in [-0.3, -0.25) is 0 Å². The number of hydrogen-bond acceptors (Lipinski definition) is 7. The van der Waals surface area contributed by atoms with Gasteiger partial charge in [0.05, 0.1) is 11.5 Å². The number of nitrogens with zero attached hydrogens (tertiary/aromatic N) is 4. The van der Waals surface area contributed by atoms with E-state index < -0.39 is 9.84 Å². The lowest BCUT2D eigenvalue weighted by Gasteiger charge is -2.07. The third-order valence-corrected chi connectivity index (χ3v) is 7.44. The summed E-state index contributed by atoms with van der Waals surface area (Å²) in [5.41, 5.74) is 1.71. The summed E-state index contributed by atoms with van der Waals surface area (Å²) in [5, 5.41) is 9.28. The predicted molar refractivity (Wildman–Crippen MR) is 100 cm³/mol. The Morgan fingerprint density at radius 3 is 2.92 bits per heavy atom. The van der Waals surface area contributed by atoms with Crippen molar-refractivity contribution >= 4 is 32.7 Å². The number of fused-ring (bicyclic) bond motifs is 1. The quantitative estimate of drug-likeness (QED) is 0.470. The second-order valence-electron chi connectivity index (χ2n) is 6.53. The van der Waals surface area contributed by atoms with E-state index in [1.165, 1.54) is 0 Å². The van der Waals surface area contributed by atoms with Gasteiger partial charge in [0.1, 0.15) is 11.3 Å². The van der Waals surface area contributed by atoms with Crippen molar-refractivity contribution in [1.29, 1.82) is 0 Å². The highest BCUT2D eigenvalue weighted by Gasteiger charge is 2.32. The molecular weight excluding hydrogens is 372 g/mol. The molecule has 1 aliphatic heterocycles. The van der Waals surface area contributed by atoms with Crippen molar-refractivity contribution in [3.05, 3.63) is 36.0 Å². The maximum atomic E-state index is 11.7. The van der Waals surface area contributed by atoms with Crippen molar-refractivity contribution in [2.24, 2.45) is 7.05 Å². The Bertz CT molecular complexity index is 993. The molecule has 1 aromatic carbocycles. The van der Waals surface area contributed by atoms with Crippen LogP contribution in [0.3, 0.4) is 0 Å². The molecule has 3 heterocycles. The average molecular weight is 393 g/mol. The molecule has 0 unspecified atom stereocenters. The summed E-state index contributed by atoms with van der Waals surface area (Å²) in [6.07, 6.45) is 2.32. The molecule has 2 aromatic heterocycles. The Morgan fingerprint density at radius 2 is 2.15 bits per heavy atom. The summed E-state index contributed by atoms with van der Waals surface area (Å²) in [5.74, 6) is 2.78.